The molecule has 0 amide bonds. The van der Waals surface area contributed by atoms with Gasteiger partial charge in [0.2, 0.25) is 0 Å². The molecule has 0 atom stereocenters. The minimum atomic E-state index is -6.43. The fourth-order valence-electron chi connectivity index (χ4n) is 0.195. The Hall–Kier alpha value is 0.453. The van der Waals surface area contributed by atoms with Crippen molar-refractivity contribution in [1.82, 2.24) is 0 Å². The molecule has 0 aliphatic heterocycles. The second kappa shape index (κ2) is 4.98. The van der Waals surface area contributed by atoms with Gasteiger partial charge in [0.1, 0.15) is 9.83 Å². The maximum Gasteiger partial charge on any atom is 0.508 e. The van der Waals surface area contributed by atoms with Crippen molar-refractivity contribution in [2.75, 3.05) is 0 Å². The van der Waals surface area contributed by atoms with Crippen molar-refractivity contribution >= 4 is 27.6 Å². The van der Waals surface area contributed by atoms with Crippen molar-refractivity contribution in [2.45, 2.75) is 11.0 Å². The molecule has 14 heteroatoms. The van der Waals surface area contributed by atoms with Crippen molar-refractivity contribution in [1.29, 1.82) is 0 Å². The van der Waals surface area contributed by atoms with E-state index in [-0.39, 0.29) is 19.5 Å². The third kappa shape index (κ3) is 4.37. The van der Waals surface area contributed by atoms with Crippen molar-refractivity contribution < 1.29 is 62.7 Å². The smallest absolute Gasteiger partial charge is 0.207 e. The van der Waals surface area contributed by atoms with E-state index in [9.17, 15) is 43.2 Å². The monoisotopic (exact) mass is 362 g/mol. The molecule has 0 aromatic heterocycles. The molecule has 94 valence electrons. The molecule has 4 nitrogen and oxygen atoms in total. The van der Waals surface area contributed by atoms with Crippen LogP contribution in [0.15, 0.2) is 0 Å². The van der Waals surface area contributed by atoms with Crippen LogP contribution in [0.2, 0.25) is 0 Å². The molecule has 0 radical (unpaired) electrons. The maximum absolute atomic E-state index is 11.5. The summed E-state index contributed by atoms with van der Waals surface area (Å²) in [6, 6.07) is 0. The van der Waals surface area contributed by atoms with Gasteiger partial charge in [-0.05, 0) is 0 Å². The van der Waals surface area contributed by atoms with Gasteiger partial charge in [0.05, 0.1) is 0 Å². The van der Waals surface area contributed by atoms with Gasteiger partial charge in [-0.3, -0.25) is 0 Å². The molecule has 0 N–H and O–H groups in total. The van der Waals surface area contributed by atoms with Gasteiger partial charge in [-0.1, -0.05) is 0 Å². The zero-order chi connectivity index (χ0) is 12.7. The van der Waals surface area contributed by atoms with Crippen LogP contribution in [0.3, 0.4) is 0 Å². The van der Waals surface area contributed by atoms with Crippen LogP contribution in [0.1, 0.15) is 0 Å². The number of alkyl halides is 6. The van der Waals surface area contributed by atoms with Crippen LogP contribution in [-0.2, 0) is 37.2 Å². The first kappa shape index (κ1) is 18.8. The molecule has 0 unspecified atom stereocenters. The van der Waals surface area contributed by atoms with E-state index in [2.05, 4.69) is 0 Å². The van der Waals surface area contributed by atoms with Crippen LogP contribution < -0.4 is 0 Å². The number of rotatable bonds is 2. The summed E-state index contributed by atoms with van der Waals surface area (Å²) in [6.07, 6.45) is 0. The van der Waals surface area contributed by atoms with E-state index >= 15 is 0 Å². The first-order chi connectivity index (χ1) is 6.21. The number of hydrogen-bond acceptors (Lipinski definition) is 5. The Kier molecular flexibility index (Phi) is 5.86. The average Bonchev–Trinajstić information content (AvgIpc) is 1.77. The molecule has 0 fully saturated rings. The second-order valence-corrected chi connectivity index (χ2v) is 9.01. The Morgan fingerprint density at radius 3 is 1.00 bits per heavy atom. The van der Waals surface area contributed by atoms with Crippen LogP contribution in [0.4, 0.5) is 26.3 Å². The van der Waals surface area contributed by atoms with Crippen molar-refractivity contribution in [3.05, 3.63) is 0 Å². The van der Waals surface area contributed by atoms with Crippen LogP contribution in [0, 0.1) is 0 Å². The molecular formula is C2F6O4S3Zn. The van der Waals surface area contributed by atoms with Crippen LogP contribution in [0.5, 0.6) is 0 Å². The van der Waals surface area contributed by atoms with E-state index in [0.29, 0.717) is 0 Å². The maximum atomic E-state index is 11.5. The summed E-state index contributed by atoms with van der Waals surface area (Å²) in [5.41, 5.74) is -12.1. The van der Waals surface area contributed by atoms with E-state index in [1.54, 1.807) is 0 Å². The Bertz CT molecular complexity index is 387. The summed E-state index contributed by atoms with van der Waals surface area (Å²) in [7, 11) is -15.0. The van der Waals surface area contributed by atoms with E-state index in [0.717, 1.165) is 0 Å². The predicted octanol–water partition coefficient (Wildman–Crippen LogP) is 1.42. The summed E-state index contributed by atoms with van der Waals surface area (Å²) in [4.78, 5) is 0. The zero-order valence-electron chi connectivity index (χ0n) is 6.83. The predicted molar refractivity (Wildman–Crippen MR) is 37.5 cm³/mol. The molecule has 0 spiro atoms. The Labute approximate surface area is 101 Å². The van der Waals surface area contributed by atoms with Gasteiger partial charge >= 0.3 is 28.8 Å². The Morgan fingerprint density at radius 1 is 0.688 bits per heavy atom. The van der Waals surface area contributed by atoms with Gasteiger partial charge in [0.25, 0.3) is 0 Å². The molecule has 0 aliphatic rings. The number of hydrogen-bond donors (Lipinski definition) is 0. The molecule has 0 aliphatic carbocycles. The van der Waals surface area contributed by atoms with Crippen molar-refractivity contribution in [3.8, 4) is 0 Å². The molecule has 0 saturated heterocycles. The summed E-state index contributed by atoms with van der Waals surface area (Å²) in [5, 5.41) is 0. The SMILES string of the molecule is O=S(=O)(SS(=O)(=O)C(F)(F)F)C(F)(F)F.[Zn]. The molecule has 0 aromatic rings. The third-order valence-corrected chi connectivity index (χ3v) is 7.67. The van der Waals surface area contributed by atoms with Gasteiger partial charge in [0.15, 0.2) is 0 Å². The first-order valence-electron chi connectivity index (χ1n) is 2.54. The van der Waals surface area contributed by atoms with Crippen molar-refractivity contribution in [3.63, 3.8) is 0 Å². The first-order valence-corrected chi connectivity index (χ1v) is 7.36. The minimum absolute atomic E-state index is 0. The zero-order valence-corrected chi connectivity index (χ0v) is 12.2. The fraction of sp³-hybridized carbons (Fsp3) is 1.00. The van der Waals surface area contributed by atoms with Crippen LogP contribution in [-0.4, -0.2) is 27.9 Å². The van der Waals surface area contributed by atoms with Gasteiger partial charge < -0.3 is 0 Å². The van der Waals surface area contributed by atoms with Crippen LogP contribution >= 0.6 is 9.83 Å². The quantitative estimate of drug-likeness (QED) is 0.422. The minimum Gasteiger partial charge on any atom is -0.207 e. The number of halogens is 6. The van der Waals surface area contributed by atoms with Crippen LogP contribution in [0.25, 0.3) is 0 Å². The van der Waals surface area contributed by atoms with Gasteiger partial charge in [-0.25, -0.2) is 16.8 Å². The molecule has 0 rings (SSSR count). The molecule has 0 heterocycles. The third-order valence-electron chi connectivity index (χ3n) is 0.746. The van der Waals surface area contributed by atoms with Gasteiger partial charge in [-0.15, -0.1) is 0 Å². The van der Waals surface area contributed by atoms with E-state index in [4.69, 9.17) is 0 Å². The normalized spacial score (nSPS) is 14.4. The summed E-state index contributed by atoms with van der Waals surface area (Å²) in [6.45, 7) is 0. The van der Waals surface area contributed by atoms with Crippen molar-refractivity contribution in [2.24, 2.45) is 0 Å². The summed E-state index contributed by atoms with van der Waals surface area (Å²) in [5.74, 6) is 0. The molecular weight excluding hydrogens is 364 g/mol. The van der Waals surface area contributed by atoms with Gasteiger partial charge in [-0.2, -0.15) is 26.3 Å². The summed E-state index contributed by atoms with van der Waals surface area (Å²) < 4.78 is 109. The molecule has 0 bridgehead atoms. The van der Waals surface area contributed by atoms with Gasteiger partial charge in [0, 0.05) is 19.5 Å². The van der Waals surface area contributed by atoms with E-state index in [1.807, 2.05) is 0 Å². The molecule has 0 aromatic carbocycles. The largest absolute Gasteiger partial charge is 0.508 e. The molecule has 0 saturated carbocycles. The average molecular weight is 364 g/mol. The summed E-state index contributed by atoms with van der Waals surface area (Å²) >= 11 is 0. The molecule has 16 heavy (non-hydrogen) atoms. The standard InChI is InChI=1S/C2F6O4S3.Zn/c3-1(4,5)14(9,10)13-15(11,12)2(6,7)8;. The Balaban J connectivity index is 0. The van der Waals surface area contributed by atoms with E-state index < -0.39 is 38.6 Å². The fourth-order valence-corrected chi connectivity index (χ4v) is 5.27. The Morgan fingerprint density at radius 2 is 0.875 bits per heavy atom. The topological polar surface area (TPSA) is 68.3 Å². The second-order valence-electron chi connectivity index (χ2n) is 1.87. The van der Waals surface area contributed by atoms with E-state index in [1.165, 1.54) is 0 Å².